The molecule has 1 atom stereocenters. The van der Waals surface area contributed by atoms with Crippen LogP contribution in [-0.4, -0.2) is 12.6 Å². The van der Waals surface area contributed by atoms with E-state index in [0.717, 1.165) is 35.8 Å². The molecule has 0 spiro atoms. The highest BCUT2D eigenvalue weighted by atomic mass is 35.5. The molecule has 2 rings (SSSR count). The largest absolute Gasteiger partial charge is 0.303 e. The summed E-state index contributed by atoms with van der Waals surface area (Å²) in [5.41, 5.74) is 2.38. The molecular weight excluding hydrogens is 343 g/mol. The highest BCUT2D eigenvalue weighted by Gasteiger charge is 2.38. The Labute approximate surface area is 152 Å². The van der Waals surface area contributed by atoms with Gasteiger partial charge in [-0.3, -0.25) is 4.79 Å². The van der Waals surface area contributed by atoms with Gasteiger partial charge >= 0.3 is 0 Å². The third kappa shape index (κ3) is 3.26. The summed E-state index contributed by atoms with van der Waals surface area (Å²) in [6, 6.07) is 11.0. The number of carbonyl (C=O) groups is 1. The van der Waals surface area contributed by atoms with E-state index in [1.165, 1.54) is 0 Å². The van der Waals surface area contributed by atoms with Crippen LogP contribution in [0.5, 0.6) is 0 Å². The molecule has 0 aromatic heterocycles. The fraction of sp³-hybridized carbons (Fsp3) is 0.300. The molecule has 0 heterocycles. The Balaban J connectivity index is 2.85. The third-order valence-corrected chi connectivity index (χ3v) is 5.14. The van der Waals surface area contributed by atoms with Crippen molar-refractivity contribution in [1.29, 1.82) is 0 Å². The van der Waals surface area contributed by atoms with E-state index >= 15 is 0 Å². The highest BCUT2D eigenvalue weighted by Crippen LogP contribution is 2.40. The lowest BCUT2D eigenvalue weighted by molar-refractivity contribution is -0.108. The molecule has 0 aliphatic rings. The average molecular weight is 362 g/mol. The molecule has 0 fully saturated rings. The van der Waals surface area contributed by atoms with Gasteiger partial charge in [0.1, 0.15) is 6.29 Å². The van der Waals surface area contributed by atoms with E-state index in [1.54, 1.807) is 18.2 Å². The predicted molar refractivity (Wildman–Crippen MR) is 98.8 cm³/mol. The zero-order valence-electron chi connectivity index (χ0n) is 13.7. The molecule has 1 radical (unpaired) electrons. The molecule has 2 nitrogen and oxygen atoms in total. The highest BCUT2D eigenvalue weighted by molar-refractivity contribution is 6.42. The lowest BCUT2D eigenvalue weighted by Gasteiger charge is -2.31. The molecule has 0 saturated heterocycles. The van der Waals surface area contributed by atoms with Crippen molar-refractivity contribution in [3.8, 4) is 0 Å². The van der Waals surface area contributed by atoms with Crippen molar-refractivity contribution in [2.75, 3.05) is 0 Å². The lowest BCUT2D eigenvalue weighted by Crippen LogP contribution is -2.33. The molecule has 0 aliphatic heterocycles. The minimum Gasteiger partial charge on any atom is -0.303 e. The van der Waals surface area contributed by atoms with Crippen molar-refractivity contribution in [3.63, 3.8) is 0 Å². The predicted octanol–water partition coefficient (Wildman–Crippen LogP) is 5.10. The number of halogens is 2. The van der Waals surface area contributed by atoms with Gasteiger partial charge in [0.15, 0.2) is 0 Å². The molecule has 0 amide bonds. The fourth-order valence-corrected chi connectivity index (χ4v) is 3.49. The van der Waals surface area contributed by atoms with Crippen molar-refractivity contribution in [2.45, 2.75) is 38.5 Å². The third-order valence-electron chi connectivity index (χ3n) is 4.40. The standard InChI is InChI=1S/C20H19Cl2O2/c1-3-14-6-5-7-15(4-2)19(14)20(13-24,10-11-23)16-8-9-17(21)18(22)12-16/h5-9,11-12H,3-4,10H2,1-2H3. The first kappa shape index (κ1) is 18.7. The van der Waals surface area contributed by atoms with E-state index in [2.05, 4.69) is 6.29 Å². The first-order valence-electron chi connectivity index (χ1n) is 7.93. The Hall–Kier alpha value is -1.64. The average Bonchev–Trinajstić information content (AvgIpc) is 2.61. The summed E-state index contributed by atoms with van der Waals surface area (Å²) >= 11 is 12.2. The summed E-state index contributed by atoms with van der Waals surface area (Å²) in [5, 5.41) is 0.762. The Bertz CT molecular complexity index is 733. The van der Waals surface area contributed by atoms with E-state index in [1.807, 2.05) is 32.0 Å². The molecule has 4 heteroatoms. The number of carbonyl (C=O) groups excluding carboxylic acids is 2. The lowest BCUT2D eigenvalue weighted by atomic mass is 9.69. The normalized spacial score (nSPS) is 13.3. The van der Waals surface area contributed by atoms with Gasteiger partial charge in [-0.1, -0.05) is 61.3 Å². The second kappa shape index (κ2) is 7.96. The molecular formula is C20H19Cl2O2. The number of hydrogen-bond acceptors (Lipinski definition) is 2. The summed E-state index contributed by atoms with van der Waals surface area (Å²) < 4.78 is 0. The minimum absolute atomic E-state index is 0.0124. The van der Waals surface area contributed by atoms with E-state index in [-0.39, 0.29) is 6.42 Å². The van der Waals surface area contributed by atoms with Crippen LogP contribution in [0, 0.1) is 0 Å². The molecule has 125 valence electrons. The van der Waals surface area contributed by atoms with Crippen molar-refractivity contribution >= 4 is 35.8 Å². The fourth-order valence-electron chi connectivity index (χ4n) is 3.19. The van der Waals surface area contributed by atoms with E-state index in [0.29, 0.717) is 15.6 Å². The Morgan fingerprint density at radius 2 is 1.67 bits per heavy atom. The van der Waals surface area contributed by atoms with Gasteiger partial charge in [-0.2, -0.15) is 0 Å². The van der Waals surface area contributed by atoms with Gasteiger partial charge in [0.05, 0.1) is 15.5 Å². The molecule has 0 bridgehead atoms. The number of hydrogen-bond donors (Lipinski definition) is 0. The summed E-state index contributed by atoms with van der Waals surface area (Å²) in [4.78, 5) is 23.6. The van der Waals surface area contributed by atoms with Crippen molar-refractivity contribution in [2.24, 2.45) is 0 Å². The van der Waals surface area contributed by atoms with Crippen molar-refractivity contribution in [1.82, 2.24) is 0 Å². The Morgan fingerprint density at radius 3 is 2.12 bits per heavy atom. The van der Waals surface area contributed by atoms with Crippen LogP contribution >= 0.6 is 23.2 Å². The summed E-state index contributed by atoms with van der Waals surface area (Å²) in [6.45, 7) is 4.06. The van der Waals surface area contributed by atoms with Crippen LogP contribution in [0.2, 0.25) is 10.0 Å². The number of benzene rings is 2. The molecule has 0 N–H and O–H groups in total. The number of aldehydes is 1. The van der Waals surface area contributed by atoms with Gasteiger partial charge in [0, 0.05) is 6.42 Å². The first-order chi connectivity index (χ1) is 11.5. The SMILES string of the molecule is CCc1cccc(CC)c1C([C]=O)(CC=O)c1ccc(Cl)c(Cl)c1. The van der Waals surface area contributed by atoms with Crippen LogP contribution in [0.15, 0.2) is 36.4 Å². The maximum absolute atomic E-state index is 12.2. The van der Waals surface area contributed by atoms with Gasteiger partial charge in [0.2, 0.25) is 6.29 Å². The molecule has 2 aromatic rings. The molecule has 24 heavy (non-hydrogen) atoms. The monoisotopic (exact) mass is 361 g/mol. The van der Waals surface area contributed by atoms with Crippen LogP contribution in [0.3, 0.4) is 0 Å². The zero-order chi connectivity index (χ0) is 17.7. The van der Waals surface area contributed by atoms with Crippen LogP contribution in [0.4, 0.5) is 0 Å². The topological polar surface area (TPSA) is 34.1 Å². The van der Waals surface area contributed by atoms with Crippen LogP contribution in [0.1, 0.15) is 42.5 Å². The molecule has 0 aliphatic carbocycles. The summed E-state index contributed by atoms with van der Waals surface area (Å²) in [6.07, 6.45) is 4.45. The first-order valence-corrected chi connectivity index (χ1v) is 8.69. The van der Waals surface area contributed by atoms with Crippen LogP contribution in [-0.2, 0) is 27.8 Å². The summed E-state index contributed by atoms with van der Waals surface area (Å²) in [7, 11) is 0. The van der Waals surface area contributed by atoms with Gasteiger partial charge < -0.3 is 4.79 Å². The Kier molecular flexibility index (Phi) is 6.20. The van der Waals surface area contributed by atoms with Gasteiger partial charge in [-0.25, -0.2) is 0 Å². The van der Waals surface area contributed by atoms with Gasteiger partial charge in [0.25, 0.3) is 0 Å². The zero-order valence-corrected chi connectivity index (χ0v) is 15.2. The maximum atomic E-state index is 12.2. The summed E-state index contributed by atoms with van der Waals surface area (Å²) in [5.74, 6) is 0. The molecule has 1 unspecified atom stereocenters. The van der Waals surface area contributed by atoms with Crippen LogP contribution < -0.4 is 0 Å². The second-order valence-electron chi connectivity index (χ2n) is 5.67. The van der Waals surface area contributed by atoms with Crippen molar-refractivity contribution < 1.29 is 9.59 Å². The maximum Gasteiger partial charge on any atom is 0.215 e. The Morgan fingerprint density at radius 1 is 1.04 bits per heavy atom. The smallest absolute Gasteiger partial charge is 0.215 e. The minimum atomic E-state index is -1.17. The number of rotatable bonds is 7. The van der Waals surface area contributed by atoms with Gasteiger partial charge in [-0.05, 0) is 47.2 Å². The van der Waals surface area contributed by atoms with Crippen LogP contribution in [0.25, 0.3) is 0 Å². The van der Waals surface area contributed by atoms with E-state index in [4.69, 9.17) is 23.2 Å². The quantitative estimate of drug-likeness (QED) is 0.642. The number of aryl methyl sites for hydroxylation is 2. The molecule has 0 saturated carbocycles. The van der Waals surface area contributed by atoms with Gasteiger partial charge in [-0.15, -0.1) is 0 Å². The van der Waals surface area contributed by atoms with Crippen molar-refractivity contribution in [3.05, 3.63) is 68.7 Å². The van der Waals surface area contributed by atoms with E-state index < -0.39 is 5.41 Å². The molecule has 2 aromatic carbocycles. The van der Waals surface area contributed by atoms with E-state index in [9.17, 15) is 9.59 Å². The second-order valence-corrected chi connectivity index (χ2v) is 6.48.